The van der Waals surface area contributed by atoms with E-state index in [1.165, 1.54) is 50.2 Å². The third kappa shape index (κ3) is 5.18. The number of methoxy groups -OCH3 is 1. The lowest BCUT2D eigenvalue weighted by atomic mass is 10.1. The number of rotatable bonds is 7. The molecule has 0 saturated carbocycles. The van der Waals surface area contributed by atoms with E-state index in [-0.39, 0.29) is 23.4 Å². The maximum absolute atomic E-state index is 12.5. The van der Waals surface area contributed by atoms with Crippen molar-refractivity contribution in [3.05, 3.63) is 63.1 Å². The third-order valence-electron chi connectivity index (χ3n) is 4.18. The molecule has 29 heavy (non-hydrogen) atoms. The number of carbonyl (C=O) groups excluding carboxylic acids is 3. The summed E-state index contributed by atoms with van der Waals surface area (Å²) < 4.78 is 10.1. The zero-order valence-corrected chi connectivity index (χ0v) is 16.4. The summed E-state index contributed by atoms with van der Waals surface area (Å²) in [4.78, 5) is 48.0. The van der Waals surface area contributed by atoms with Crippen molar-refractivity contribution >= 4 is 23.5 Å². The largest absolute Gasteiger partial charge is 0.465 e. The molecule has 2 rings (SSSR count). The van der Waals surface area contributed by atoms with Crippen molar-refractivity contribution in [2.75, 3.05) is 14.2 Å². The van der Waals surface area contributed by atoms with Crippen LogP contribution in [-0.2, 0) is 16.1 Å². The third-order valence-corrected chi connectivity index (χ3v) is 4.18. The highest BCUT2D eigenvalue weighted by Gasteiger charge is 2.23. The molecular formula is C19H21N3O7. The van der Waals surface area contributed by atoms with Gasteiger partial charge in [-0.25, -0.2) is 4.79 Å². The van der Waals surface area contributed by atoms with Crippen LogP contribution in [0, 0.1) is 17.0 Å². The molecule has 1 aromatic heterocycles. The molecule has 10 nitrogen and oxygen atoms in total. The molecule has 0 aliphatic heterocycles. The van der Waals surface area contributed by atoms with E-state index in [2.05, 4.69) is 10.1 Å². The topological polar surface area (TPSA) is 132 Å². The first-order valence-electron chi connectivity index (χ1n) is 8.62. The average molecular weight is 403 g/mol. The van der Waals surface area contributed by atoms with Crippen molar-refractivity contribution in [1.29, 1.82) is 0 Å². The van der Waals surface area contributed by atoms with Gasteiger partial charge in [-0.2, -0.15) is 0 Å². The fourth-order valence-corrected chi connectivity index (χ4v) is 2.68. The number of nitro groups is 1. The Morgan fingerprint density at radius 3 is 2.62 bits per heavy atom. The van der Waals surface area contributed by atoms with Gasteiger partial charge in [-0.1, -0.05) is 6.07 Å². The molecule has 0 radical (unpaired) electrons. The molecule has 0 saturated heterocycles. The molecule has 2 amide bonds. The number of aryl methyl sites for hydroxylation is 1. The number of hydrogen-bond donors (Lipinski definition) is 1. The number of non-ortho nitro benzene ring substituents is 1. The second-order valence-corrected chi connectivity index (χ2v) is 6.37. The van der Waals surface area contributed by atoms with Crippen LogP contribution in [0.25, 0.3) is 0 Å². The Morgan fingerprint density at radius 2 is 2.00 bits per heavy atom. The first-order valence-corrected chi connectivity index (χ1v) is 8.62. The van der Waals surface area contributed by atoms with Crippen molar-refractivity contribution in [3.8, 4) is 0 Å². The number of carbonyl (C=O) groups is 3. The number of hydrogen-bond acceptors (Lipinski definition) is 7. The van der Waals surface area contributed by atoms with Crippen LogP contribution in [0.2, 0.25) is 0 Å². The lowest BCUT2D eigenvalue weighted by Gasteiger charge is -2.21. The van der Waals surface area contributed by atoms with E-state index in [9.17, 15) is 24.5 Å². The summed E-state index contributed by atoms with van der Waals surface area (Å²) in [6, 6.07) is 5.83. The summed E-state index contributed by atoms with van der Waals surface area (Å²) in [5.74, 6) is -0.790. The Kier molecular flexibility index (Phi) is 6.71. The Hall–Kier alpha value is -3.69. The van der Waals surface area contributed by atoms with E-state index >= 15 is 0 Å². The van der Waals surface area contributed by atoms with Gasteiger partial charge in [0.2, 0.25) is 5.91 Å². The minimum atomic E-state index is -0.886. The molecule has 1 N–H and O–H groups in total. The highest BCUT2D eigenvalue weighted by atomic mass is 16.6. The summed E-state index contributed by atoms with van der Waals surface area (Å²) >= 11 is 0. The highest BCUT2D eigenvalue weighted by Crippen LogP contribution is 2.17. The fraction of sp³-hybridized carbons (Fsp3) is 0.316. The van der Waals surface area contributed by atoms with Crippen LogP contribution in [0.5, 0.6) is 0 Å². The first-order chi connectivity index (χ1) is 13.6. The van der Waals surface area contributed by atoms with Gasteiger partial charge in [-0.15, -0.1) is 0 Å². The van der Waals surface area contributed by atoms with Crippen molar-refractivity contribution in [2.24, 2.45) is 0 Å². The molecule has 1 atom stereocenters. The van der Waals surface area contributed by atoms with Crippen molar-refractivity contribution < 1.29 is 28.5 Å². The highest BCUT2D eigenvalue weighted by molar-refractivity contribution is 5.97. The number of esters is 1. The van der Waals surface area contributed by atoms with Crippen LogP contribution in [0.3, 0.4) is 0 Å². The molecule has 0 unspecified atom stereocenters. The molecule has 0 bridgehead atoms. The molecule has 0 spiro atoms. The number of nitro benzene ring substituents is 1. The van der Waals surface area contributed by atoms with Crippen molar-refractivity contribution in [2.45, 2.75) is 26.4 Å². The maximum Gasteiger partial charge on any atom is 0.341 e. The normalized spacial score (nSPS) is 11.4. The Bertz CT molecular complexity index is 951. The zero-order chi connectivity index (χ0) is 21.7. The van der Waals surface area contributed by atoms with E-state index in [1.807, 2.05) is 0 Å². The Morgan fingerprint density at radius 1 is 1.31 bits per heavy atom. The second kappa shape index (κ2) is 9.00. The van der Waals surface area contributed by atoms with Crippen LogP contribution in [0.15, 0.2) is 34.7 Å². The minimum absolute atomic E-state index is 0.0749. The maximum atomic E-state index is 12.5. The monoisotopic (exact) mass is 403 g/mol. The van der Waals surface area contributed by atoms with E-state index < -0.39 is 28.7 Å². The van der Waals surface area contributed by atoms with Gasteiger partial charge in [0, 0.05) is 24.7 Å². The quantitative estimate of drug-likeness (QED) is 0.425. The molecule has 0 fully saturated rings. The van der Waals surface area contributed by atoms with Crippen LogP contribution in [0.1, 0.15) is 39.2 Å². The summed E-state index contributed by atoms with van der Waals surface area (Å²) in [6.45, 7) is 3.19. The Balaban J connectivity index is 2.02. The minimum Gasteiger partial charge on any atom is -0.465 e. The van der Waals surface area contributed by atoms with Crippen LogP contribution in [-0.4, -0.2) is 47.8 Å². The molecule has 1 heterocycles. The number of amides is 2. The number of nitrogens with zero attached hydrogens (tertiary/aromatic N) is 2. The lowest BCUT2D eigenvalue weighted by Crippen LogP contribution is -2.45. The summed E-state index contributed by atoms with van der Waals surface area (Å²) in [7, 11) is 2.78. The number of ether oxygens (including phenoxy) is 1. The zero-order valence-electron chi connectivity index (χ0n) is 16.4. The van der Waals surface area contributed by atoms with Gasteiger partial charge in [-0.3, -0.25) is 19.7 Å². The van der Waals surface area contributed by atoms with Gasteiger partial charge in [0.15, 0.2) is 0 Å². The molecule has 1 aromatic carbocycles. The lowest BCUT2D eigenvalue weighted by molar-refractivity contribution is -0.384. The molecule has 0 aliphatic rings. The van der Waals surface area contributed by atoms with E-state index in [4.69, 9.17) is 4.42 Å². The van der Waals surface area contributed by atoms with Crippen LogP contribution >= 0.6 is 0 Å². The standard InChI is InChI=1S/C19H21N3O7/c1-11(20-17(23)13-6-5-7-14(8-13)22(26)27)18(24)21(3)10-15-9-16(12(2)29-15)19(25)28-4/h5-9,11H,10H2,1-4H3,(H,20,23)/t11-/m0/s1. The van der Waals surface area contributed by atoms with E-state index in [0.717, 1.165) is 6.07 Å². The van der Waals surface area contributed by atoms with E-state index in [0.29, 0.717) is 11.5 Å². The average Bonchev–Trinajstić information content (AvgIpc) is 3.06. The number of furan rings is 1. The Labute approximate surface area is 166 Å². The number of likely N-dealkylation sites (N-methyl/N-ethyl adjacent to an activating group) is 1. The summed E-state index contributed by atoms with van der Waals surface area (Å²) in [6.07, 6.45) is 0. The van der Waals surface area contributed by atoms with Gasteiger partial charge >= 0.3 is 5.97 Å². The summed E-state index contributed by atoms with van der Waals surface area (Å²) in [5.41, 5.74) is 0.129. The van der Waals surface area contributed by atoms with Gasteiger partial charge in [-0.05, 0) is 26.0 Å². The molecule has 154 valence electrons. The van der Waals surface area contributed by atoms with Crippen molar-refractivity contribution in [3.63, 3.8) is 0 Å². The number of nitrogens with one attached hydrogen (secondary N) is 1. The second-order valence-electron chi connectivity index (χ2n) is 6.37. The fourth-order valence-electron chi connectivity index (χ4n) is 2.68. The van der Waals surface area contributed by atoms with Gasteiger partial charge in [0.1, 0.15) is 23.1 Å². The smallest absolute Gasteiger partial charge is 0.341 e. The molecule has 10 heteroatoms. The van der Waals surface area contributed by atoms with Gasteiger partial charge in [0.05, 0.1) is 18.6 Å². The van der Waals surface area contributed by atoms with E-state index in [1.54, 1.807) is 6.92 Å². The number of benzene rings is 1. The van der Waals surface area contributed by atoms with Crippen LogP contribution in [0.4, 0.5) is 5.69 Å². The first kappa shape index (κ1) is 21.6. The molecule has 0 aliphatic carbocycles. The van der Waals surface area contributed by atoms with Gasteiger partial charge < -0.3 is 19.4 Å². The SMILES string of the molecule is COC(=O)c1cc(CN(C)C(=O)[C@H](C)NC(=O)c2cccc([N+](=O)[O-])c2)oc1C. The molecule has 2 aromatic rings. The van der Waals surface area contributed by atoms with Crippen molar-refractivity contribution in [1.82, 2.24) is 10.2 Å². The predicted molar refractivity (Wildman–Crippen MR) is 101 cm³/mol. The van der Waals surface area contributed by atoms with Crippen LogP contribution < -0.4 is 5.32 Å². The molecular weight excluding hydrogens is 382 g/mol. The predicted octanol–water partition coefficient (Wildman–Crippen LogP) is 2.06. The van der Waals surface area contributed by atoms with Gasteiger partial charge in [0.25, 0.3) is 11.6 Å². The summed E-state index contributed by atoms with van der Waals surface area (Å²) in [5, 5.41) is 13.3.